The average Bonchev–Trinajstić information content (AvgIpc) is 2.44. The average molecular weight is 287 g/mol. The smallest absolute Gasteiger partial charge is 0.338 e. The number of rotatable bonds is 5. The number of hydrogen-bond acceptors (Lipinski definition) is 5. The molecule has 0 heterocycles. The highest BCUT2D eigenvalue weighted by molar-refractivity contribution is 5.91. The number of nitrogen functional groups attached to an aromatic ring is 1. The molecule has 2 aromatic rings. The summed E-state index contributed by atoms with van der Waals surface area (Å²) in [6.07, 6.45) is 0. The number of esters is 1. The fraction of sp³-hybridized carbons (Fsp3) is 0.188. The van der Waals surface area contributed by atoms with Gasteiger partial charge in [-0.1, -0.05) is 12.1 Å². The van der Waals surface area contributed by atoms with Gasteiger partial charge in [0.25, 0.3) is 0 Å². The predicted octanol–water partition coefficient (Wildman–Crippen LogP) is 2.73. The molecule has 0 aliphatic carbocycles. The molecule has 0 amide bonds. The highest BCUT2D eigenvalue weighted by Crippen LogP contribution is 2.20. The Hall–Kier alpha value is -2.69. The second kappa shape index (κ2) is 6.65. The zero-order valence-corrected chi connectivity index (χ0v) is 11.7. The molecule has 0 fully saturated rings. The molecule has 0 atom stereocenters. The third kappa shape index (κ3) is 4.14. The lowest BCUT2D eigenvalue weighted by atomic mass is 10.2. The van der Waals surface area contributed by atoms with Crippen LogP contribution in [-0.4, -0.2) is 17.7 Å². The van der Waals surface area contributed by atoms with Gasteiger partial charge in [-0.2, -0.15) is 0 Å². The maximum Gasteiger partial charge on any atom is 0.338 e. The largest absolute Gasteiger partial charge is 0.508 e. The van der Waals surface area contributed by atoms with Crippen molar-refractivity contribution in [3.05, 3.63) is 53.6 Å². The van der Waals surface area contributed by atoms with Crippen molar-refractivity contribution in [2.75, 3.05) is 12.3 Å². The Morgan fingerprint density at radius 3 is 2.76 bits per heavy atom. The first-order chi connectivity index (χ1) is 10.1. The molecule has 2 rings (SSSR count). The number of ether oxygens (including phenoxy) is 2. The fourth-order valence-corrected chi connectivity index (χ4v) is 1.87. The Kier molecular flexibility index (Phi) is 4.66. The Balaban J connectivity index is 2.06. The minimum Gasteiger partial charge on any atom is -0.508 e. The first-order valence-corrected chi connectivity index (χ1v) is 6.57. The minimum absolute atomic E-state index is 0.0754. The van der Waals surface area contributed by atoms with Crippen molar-refractivity contribution < 1.29 is 19.4 Å². The molecule has 0 saturated heterocycles. The molecule has 0 bridgehead atoms. The van der Waals surface area contributed by atoms with E-state index >= 15 is 0 Å². The molecule has 2 aromatic carbocycles. The van der Waals surface area contributed by atoms with E-state index in [9.17, 15) is 9.90 Å². The van der Waals surface area contributed by atoms with Crippen molar-refractivity contribution in [2.24, 2.45) is 0 Å². The zero-order valence-electron chi connectivity index (χ0n) is 11.7. The molecule has 5 heteroatoms. The van der Waals surface area contributed by atoms with Gasteiger partial charge >= 0.3 is 5.97 Å². The van der Waals surface area contributed by atoms with Crippen LogP contribution in [0.25, 0.3) is 0 Å². The molecule has 0 aromatic heterocycles. The summed E-state index contributed by atoms with van der Waals surface area (Å²) in [5.74, 6) is 0.166. The second-order valence-electron chi connectivity index (χ2n) is 4.47. The van der Waals surface area contributed by atoms with E-state index in [1.807, 2.05) is 6.92 Å². The number of carbonyl (C=O) groups excluding carboxylic acids is 1. The van der Waals surface area contributed by atoms with Crippen LogP contribution in [0.1, 0.15) is 22.8 Å². The van der Waals surface area contributed by atoms with Crippen molar-refractivity contribution in [3.8, 4) is 11.5 Å². The van der Waals surface area contributed by atoms with E-state index in [0.29, 0.717) is 29.2 Å². The molecule has 21 heavy (non-hydrogen) atoms. The van der Waals surface area contributed by atoms with Crippen molar-refractivity contribution in [3.63, 3.8) is 0 Å². The summed E-state index contributed by atoms with van der Waals surface area (Å²) in [6.45, 7) is 2.41. The highest BCUT2D eigenvalue weighted by Gasteiger charge is 2.10. The van der Waals surface area contributed by atoms with E-state index in [1.54, 1.807) is 30.3 Å². The molecule has 0 unspecified atom stereocenters. The van der Waals surface area contributed by atoms with E-state index < -0.39 is 5.97 Å². The van der Waals surface area contributed by atoms with Crippen LogP contribution in [-0.2, 0) is 11.3 Å². The summed E-state index contributed by atoms with van der Waals surface area (Å²) in [4.78, 5) is 12.0. The van der Waals surface area contributed by atoms with Crippen molar-refractivity contribution in [1.82, 2.24) is 0 Å². The number of carbonyl (C=O) groups is 1. The van der Waals surface area contributed by atoms with Crippen LogP contribution >= 0.6 is 0 Å². The van der Waals surface area contributed by atoms with Crippen molar-refractivity contribution in [1.29, 1.82) is 0 Å². The van der Waals surface area contributed by atoms with Crippen LogP contribution < -0.4 is 10.5 Å². The van der Waals surface area contributed by atoms with Crippen LogP contribution in [0.15, 0.2) is 42.5 Å². The molecule has 0 radical (unpaired) electrons. The molecule has 3 N–H and O–H groups in total. The van der Waals surface area contributed by atoms with Crippen molar-refractivity contribution >= 4 is 11.7 Å². The summed E-state index contributed by atoms with van der Waals surface area (Å²) in [5, 5.41) is 9.35. The molecule has 0 spiro atoms. The van der Waals surface area contributed by atoms with Gasteiger partial charge in [-0.15, -0.1) is 0 Å². The van der Waals surface area contributed by atoms with Crippen LogP contribution in [0, 0.1) is 0 Å². The van der Waals surface area contributed by atoms with Crippen LogP contribution in [0.5, 0.6) is 11.5 Å². The highest BCUT2D eigenvalue weighted by atomic mass is 16.5. The van der Waals surface area contributed by atoms with E-state index in [0.717, 1.165) is 0 Å². The molecule has 0 aliphatic rings. The summed E-state index contributed by atoms with van der Waals surface area (Å²) < 4.78 is 10.5. The number of phenols is 1. The van der Waals surface area contributed by atoms with Crippen LogP contribution in [0.4, 0.5) is 5.69 Å². The SMILES string of the molecule is CCOc1cc(N)cc(C(=O)OCc2cccc(O)c2)c1. The molecule has 110 valence electrons. The number of nitrogens with two attached hydrogens (primary N) is 1. The lowest BCUT2D eigenvalue weighted by Crippen LogP contribution is -2.06. The van der Waals surface area contributed by atoms with Gasteiger partial charge in [0.15, 0.2) is 0 Å². The van der Waals surface area contributed by atoms with E-state index in [4.69, 9.17) is 15.2 Å². The van der Waals surface area contributed by atoms with Gasteiger partial charge in [-0.05, 0) is 36.8 Å². The van der Waals surface area contributed by atoms with Gasteiger partial charge in [0.2, 0.25) is 0 Å². The van der Waals surface area contributed by atoms with E-state index in [-0.39, 0.29) is 12.4 Å². The summed E-state index contributed by atoms with van der Waals surface area (Å²) in [5.41, 5.74) is 7.21. The maximum atomic E-state index is 12.0. The quantitative estimate of drug-likeness (QED) is 0.652. The molecule has 5 nitrogen and oxygen atoms in total. The van der Waals surface area contributed by atoms with Crippen LogP contribution in [0.2, 0.25) is 0 Å². The lowest BCUT2D eigenvalue weighted by molar-refractivity contribution is 0.0472. The van der Waals surface area contributed by atoms with E-state index in [2.05, 4.69) is 0 Å². The zero-order chi connectivity index (χ0) is 15.2. The first-order valence-electron chi connectivity index (χ1n) is 6.57. The number of benzene rings is 2. The summed E-state index contributed by atoms with van der Waals surface area (Å²) >= 11 is 0. The summed E-state index contributed by atoms with van der Waals surface area (Å²) in [6, 6.07) is 11.3. The third-order valence-corrected chi connectivity index (χ3v) is 2.76. The molecular formula is C16H17NO4. The first kappa shape index (κ1) is 14.7. The standard InChI is InChI=1S/C16H17NO4/c1-2-20-15-8-12(7-13(17)9-15)16(19)21-10-11-4-3-5-14(18)6-11/h3-9,18H,2,10,17H2,1H3. The van der Waals surface area contributed by atoms with Crippen LogP contribution in [0.3, 0.4) is 0 Å². The second-order valence-corrected chi connectivity index (χ2v) is 4.47. The Labute approximate surface area is 122 Å². The normalized spacial score (nSPS) is 10.1. The number of anilines is 1. The van der Waals surface area contributed by atoms with Gasteiger partial charge < -0.3 is 20.3 Å². The maximum absolute atomic E-state index is 12.0. The van der Waals surface area contributed by atoms with Gasteiger partial charge in [-0.25, -0.2) is 4.79 Å². The van der Waals surface area contributed by atoms with Crippen molar-refractivity contribution in [2.45, 2.75) is 13.5 Å². The third-order valence-electron chi connectivity index (χ3n) is 2.76. The molecule has 0 saturated carbocycles. The van der Waals surface area contributed by atoms with E-state index in [1.165, 1.54) is 12.1 Å². The number of aromatic hydroxyl groups is 1. The monoisotopic (exact) mass is 287 g/mol. The lowest BCUT2D eigenvalue weighted by Gasteiger charge is -2.09. The topological polar surface area (TPSA) is 81.8 Å². The number of phenolic OH excluding ortho intramolecular Hbond substituents is 1. The Morgan fingerprint density at radius 1 is 1.24 bits per heavy atom. The minimum atomic E-state index is -0.494. The number of hydrogen-bond donors (Lipinski definition) is 2. The van der Waals surface area contributed by atoms with Gasteiger partial charge in [0.1, 0.15) is 18.1 Å². The Bertz CT molecular complexity index is 640. The van der Waals surface area contributed by atoms with Gasteiger partial charge in [0.05, 0.1) is 12.2 Å². The van der Waals surface area contributed by atoms with Gasteiger partial charge in [-0.3, -0.25) is 0 Å². The molecular weight excluding hydrogens is 270 g/mol. The fourth-order valence-electron chi connectivity index (χ4n) is 1.87. The molecule has 0 aliphatic heterocycles. The summed E-state index contributed by atoms with van der Waals surface area (Å²) in [7, 11) is 0. The van der Waals surface area contributed by atoms with Gasteiger partial charge in [0, 0.05) is 11.8 Å². The Morgan fingerprint density at radius 2 is 2.05 bits per heavy atom. The predicted molar refractivity (Wildman–Crippen MR) is 79.2 cm³/mol.